The summed E-state index contributed by atoms with van der Waals surface area (Å²) in [4.78, 5) is 36.6. The summed E-state index contributed by atoms with van der Waals surface area (Å²) >= 11 is 0. The number of amides is 3. The van der Waals surface area contributed by atoms with Gasteiger partial charge in [-0.3, -0.25) is 14.9 Å². The number of nitrogens with zero attached hydrogens (tertiary/aromatic N) is 1. The monoisotopic (exact) mass is 282 g/mol. The van der Waals surface area contributed by atoms with Crippen molar-refractivity contribution < 1.29 is 19.1 Å². The van der Waals surface area contributed by atoms with E-state index in [9.17, 15) is 14.4 Å². The molecule has 0 aromatic carbocycles. The fourth-order valence-corrected chi connectivity index (χ4v) is 2.77. The quantitative estimate of drug-likeness (QED) is 0.778. The number of carbonyl (C=O) groups is 3. The van der Waals surface area contributed by atoms with Crippen molar-refractivity contribution in [1.29, 1.82) is 0 Å². The van der Waals surface area contributed by atoms with Gasteiger partial charge in [-0.1, -0.05) is 0 Å². The third kappa shape index (κ3) is 3.49. The first-order chi connectivity index (χ1) is 9.26. The van der Waals surface area contributed by atoms with E-state index < -0.39 is 5.60 Å². The molecule has 0 aromatic rings. The van der Waals surface area contributed by atoms with Crippen LogP contribution < -0.4 is 5.32 Å². The fourth-order valence-electron chi connectivity index (χ4n) is 2.77. The Morgan fingerprint density at radius 2 is 2.10 bits per heavy atom. The molecule has 6 nitrogen and oxygen atoms in total. The molecule has 2 heterocycles. The summed E-state index contributed by atoms with van der Waals surface area (Å²) in [5, 5.41) is 2.31. The molecule has 0 saturated carbocycles. The first kappa shape index (κ1) is 14.8. The number of hydrogen-bond acceptors (Lipinski definition) is 4. The Hall–Kier alpha value is -1.59. The second-order valence-corrected chi connectivity index (χ2v) is 6.52. The molecule has 112 valence electrons. The molecule has 20 heavy (non-hydrogen) atoms. The van der Waals surface area contributed by atoms with Gasteiger partial charge in [0.1, 0.15) is 5.60 Å². The summed E-state index contributed by atoms with van der Waals surface area (Å²) in [5.74, 6) is -0.747. The lowest BCUT2D eigenvalue weighted by Crippen LogP contribution is -2.41. The Bertz CT molecular complexity index is 427. The van der Waals surface area contributed by atoms with Gasteiger partial charge in [-0.2, -0.15) is 0 Å². The Labute approximate surface area is 118 Å². The van der Waals surface area contributed by atoms with Gasteiger partial charge in [-0.25, -0.2) is 4.79 Å². The van der Waals surface area contributed by atoms with Crippen LogP contribution in [0.2, 0.25) is 0 Å². The highest BCUT2D eigenvalue weighted by Crippen LogP contribution is 2.28. The highest BCUT2D eigenvalue weighted by atomic mass is 16.6. The van der Waals surface area contributed by atoms with E-state index in [4.69, 9.17) is 4.74 Å². The van der Waals surface area contributed by atoms with Crippen molar-refractivity contribution in [2.75, 3.05) is 6.54 Å². The van der Waals surface area contributed by atoms with Gasteiger partial charge in [0.15, 0.2) is 0 Å². The lowest BCUT2D eigenvalue weighted by atomic mass is 9.97. The van der Waals surface area contributed by atoms with Crippen molar-refractivity contribution >= 4 is 17.9 Å². The lowest BCUT2D eigenvalue weighted by Gasteiger charge is -2.29. The Morgan fingerprint density at radius 1 is 1.40 bits per heavy atom. The zero-order valence-electron chi connectivity index (χ0n) is 12.3. The highest BCUT2D eigenvalue weighted by molar-refractivity contribution is 6.03. The van der Waals surface area contributed by atoms with Crippen LogP contribution in [0.1, 0.15) is 46.5 Å². The molecule has 2 rings (SSSR count). The van der Waals surface area contributed by atoms with E-state index in [0.29, 0.717) is 13.0 Å². The van der Waals surface area contributed by atoms with E-state index in [-0.39, 0.29) is 36.3 Å². The first-order valence-corrected chi connectivity index (χ1v) is 7.09. The smallest absolute Gasteiger partial charge is 0.410 e. The molecule has 2 atom stereocenters. The van der Waals surface area contributed by atoms with Crippen LogP contribution in [0, 0.1) is 5.92 Å². The van der Waals surface area contributed by atoms with Crippen LogP contribution in [0.25, 0.3) is 0 Å². The van der Waals surface area contributed by atoms with Gasteiger partial charge in [0.2, 0.25) is 11.8 Å². The minimum Gasteiger partial charge on any atom is -0.444 e. The molecule has 0 aliphatic carbocycles. The average molecular weight is 282 g/mol. The van der Waals surface area contributed by atoms with Crippen LogP contribution in [-0.4, -0.2) is 41.0 Å². The molecular weight excluding hydrogens is 260 g/mol. The van der Waals surface area contributed by atoms with Crippen LogP contribution in [0.15, 0.2) is 0 Å². The molecule has 3 amide bonds. The number of likely N-dealkylation sites (tertiary alicyclic amines) is 1. The third-order valence-corrected chi connectivity index (χ3v) is 3.63. The Kier molecular flexibility index (Phi) is 4.01. The zero-order chi connectivity index (χ0) is 14.9. The normalized spacial score (nSPS) is 26.9. The summed E-state index contributed by atoms with van der Waals surface area (Å²) in [5.41, 5.74) is -0.523. The minimum atomic E-state index is -0.523. The summed E-state index contributed by atoms with van der Waals surface area (Å²) in [7, 11) is 0. The molecule has 2 unspecified atom stereocenters. The largest absolute Gasteiger partial charge is 0.444 e. The van der Waals surface area contributed by atoms with Crippen molar-refractivity contribution in [3.05, 3.63) is 0 Å². The van der Waals surface area contributed by atoms with Crippen LogP contribution in [-0.2, 0) is 14.3 Å². The molecule has 2 aliphatic rings. The van der Waals surface area contributed by atoms with E-state index in [1.54, 1.807) is 4.90 Å². The van der Waals surface area contributed by atoms with Crippen LogP contribution in [0.3, 0.4) is 0 Å². The van der Waals surface area contributed by atoms with Crippen molar-refractivity contribution in [2.45, 2.75) is 58.1 Å². The van der Waals surface area contributed by atoms with E-state index in [1.165, 1.54) is 0 Å². The fraction of sp³-hybridized carbons (Fsp3) is 0.786. The molecule has 1 N–H and O–H groups in total. The van der Waals surface area contributed by atoms with Gasteiger partial charge in [-0.05, 0) is 40.0 Å². The minimum absolute atomic E-state index is 0.00787. The second-order valence-electron chi connectivity index (χ2n) is 6.52. The van der Waals surface area contributed by atoms with Crippen LogP contribution in [0.4, 0.5) is 4.79 Å². The summed E-state index contributed by atoms with van der Waals surface area (Å²) < 4.78 is 5.38. The maximum absolute atomic E-state index is 12.1. The SMILES string of the molecule is CC(C)(C)OC(=O)N1CCCC1CC1CC(=O)NC1=O. The zero-order valence-corrected chi connectivity index (χ0v) is 12.3. The standard InChI is InChI=1S/C14H22N2O4/c1-14(2,3)20-13(19)16-6-4-5-10(16)7-9-8-11(17)15-12(9)18/h9-10H,4-8H2,1-3H3,(H,15,17,18). The molecule has 6 heteroatoms. The predicted octanol–water partition coefficient (Wildman–Crippen LogP) is 1.44. The van der Waals surface area contributed by atoms with Gasteiger partial charge in [0.25, 0.3) is 0 Å². The highest BCUT2D eigenvalue weighted by Gasteiger charge is 2.38. The molecule has 0 radical (unpaired) electrons. The van der Waals surface area contributed by atoms with Gasteiger partial charge >= 0.3 is 6.09 Å². The number of imide groups is 1. The molecule has 2 fully saturated rings. The van der Waals surface area contributed by atoms with Gasteiger partial charge in [0, 0.05) is 24.9 Å². The summed E-state index contributed by atoms with van der Waals surface area (Å²) in [6, 6.07) is -0.00787. The number of carbonyl (C=O) groups excluding carboxylic acids is 3. The maximum Gasteiger partial charge on any atom is 0.410 e. The summed E-state index contributed by atoms with van der Waals surface area (Å²) in [6.07, 6.45) is 2.21. The van der Waals surface area contributed by atoms with E-state index >= 15 is 0 Å². The second kappa shape index (κ2) is 5.42. The van der Waals surface area contributed by atoms with E-state index in [1.807, 2.05) is 20.8 Å². The van der Waals surface area contributed by atoms with Gasteiger partial charge in [0.05, 0.1) is 0 Å². The van der Waals surface area contributed by atoms with Gasteiger partial charge < -0.3 is 9.64 Å². The van der Waals surface area contributed by atoms with Crippen molar-refractivity contribution in [1.82, 2.24) is 10.2 Å². The topological polar surface area (TPSA) is 75.7 Å². The van der Waals surface area contributed by atoms with E-state index in [2.05, 4.69) is 5.32 Å². The van der Waals surface area contributed by atoms with Gasteiger partial charge in [-0.15, -0.1) is 0 Å². The maximum atomic E-state index is 12.1. The number of nitrogens with one attached hydrogen (secondary N) is 1. The predicted molar refractivity (Wildman–Crippen MR) is 71.8 cm³/mol. The lowest BCUT2D eigenvalue weighted by molar-refractivity contribution is -0.126. The van der Waals surface area contributed by atoms with Crippen LogP contribution >= 0.6 is 0 Å². The summed E-state index contributed by atoms with van der Waals surface area (Å²) in [6.45, 7) is 6.15. The molecule has 0 aromatic heterocycles. The molecule has 0 bridgehead atoms. The molecule has 2 saturated heterocycles. The Balaban J connectivity index is 1.95. The molecule has 2 aliphatic heterocycles. The average Bonchev–Trinajstić information content (AvgIpc) is 2.84. The number of rotatable bonds is 2. The Morgan fingerprint density at radius 3 is 2.65 bits per heavy atom. The molecular formula is C14H22N2O4. The first-order valence-electron chi connectivity index (χ1n) is 7.09. The number of ether oxygens (including phenoxy) is 1. The van der Waals surface area contributed by atoms with Crippen LogP contribution in [0.5, 0.6) is 0 Å². The van der Waals surface area contributed by atoms with Crippen molar-refractivity contribution in [3.8, 4) is 0 Å². The van der Waals surface area contributed by atoms with Crippen molar-refractivity contribution in [2.24, 2.45) is 5.92 Å². The van der Waals surface area contributed by atoms with Crippen molar-refractivity contribution in [3.63, 3.8) is 0 Å². The molecule has 0 spiro atoms. The number of hydrogen-bond donors (Lipinski definition) is 1. The van der Waals surface area contributed by atoms with E-state index in [0.717, 1.165) is 12.8 Å². The third-order valence-electron chi connectivity index (χ3n) is 3.63.